The topological polar surface area (TPSA) is 64.2 Å². The molecule has 1 saturated heterocycles. The number of likely N-dealkylation sites (tertiary alicyclic amines) is 1. The first kappa shape index (κ1) is 16.0. The van der Waals surface area contributed by atoms with Crippen LogP contribution >= 0.6 is 11.6 Å². The summed E-state index contributed by atoms with van der Waals surface area (Å²) < 4.78 is 38.1. The van der Waals surface area contributed by atoms with E-state index in [2.05, 4.69) is 5.10 Å². The Kier molecular flexibility index (Phi) is 4.72. The lowest BCUT2D eigenvalue weighted by atomic mass is 9.97. The smallest absolute Gasteiger partial charge is 0.358 e. The minimum atomic E-state index is -4.19. The van der Waals surface area contributed by atoms with Gasteiger partial charge in [0.25, 0.3) is 0 Å². The number of alkyl halides is 3. The van der Waals surface area contributed by atoms with E-state index in [1.165, 1.54) is 15.6 Å². The quantitative estimate of drug-likeness (QED) is 0.630. The highest BCUT2D eigenvalue weighted by Gasteiger charge is 2.33. The molecule has 1 fully saturated rings. The summed E-state index contributed by atoms with van der Waals surface area (Å²) in [5.41, 5.74) is 0. The van der Waals surface area contributed by atoms with Gasteiger partial charge in [-0.05, 0) is 30.9 Å². The van der Waals surface area contributed by atoms with Gasteiger partial charge >= 0.3 is 12.0 Å². The van der Waals surface area contributed by atoms with Crippen LogP contribution in [-0.2, 0) is 6.54 Å². The lowest BCUT2D eigenvalue weighted by molar-refractivity contribution is -0.392. The van der Waals surface area contributed by atoms with Crippen molar-refractivity contribution in [3.63, 3.8) is 0 Å². The Morgan fingerprint density at radius 3 is 2.57 bits per heavy atom. The Morgan fingerprint density at radius 1 is 1.43 bits per heavy atom. The van der Waals surface area contributed by atoms with Crippen LogP contribution < -0.4 is 0 Å². The van der Waals surface area contributed by atoms with Crippen LogP contribution in [0.2, 0.25) is 5.15 Å². The van der Waals surface area contributed by atoms with Crippen LogP contribution in [0.25, 0.3) is 0 Å². The van der Waals surface area contributed by atoms with Crippen LogP contribution in [-0.4, -0.2) is 45.4 Å². The molecular formula is C11H14ClF3N4O2. The first-order chi connectivity index (χ1) is 9.74. The van der Waals surface area contributed by atoms with Gasteiger partial charge in [0.05, 0.1) is 12.6 Å². The molecule has 1 aliphatic rings. The summed E-state index contributed by atoms with van der Waals surface area (Å²) in [5, 5.41) is 14.7. The maximum Gasteiger partial charge on any atom is 0.401 e. The van der Waals surface area contributed by atoms with Gasteiger partial charge in [-0.25, -0.2) is 0 Å². The summed E-state index contributed by atoms with van der Waals surface area (Å²) in [6.45, 7) is 0.0380. The van der Waals surface area contributed by atoms with Crippen LogP contribution in [0.4, 0.5) is 19.0 Å². The number of nitro groups is 1. The molecule has 0 N–H and O–H groups in total. The van der Waals surface area contributed by atoms with E-state index < -0.39 is 17.6 Å². The zero-order valence-corrected chi connectivity index (χ0v) is 11.8. The maximum atomic E-state index is 12.3. The number of piperidine rings is 1. The van der Waals surface area contributed by atoms with E-state index in [0.29, 0.717) is 32.5 Å². The fraction of sp³-hybridized carbons (Fsp3) is 0.727. The van der Waals surface area contributed by atoms with E-state index in [4.69, 9.17) is 11.6 Å². The van der Waals surface area contributed by atoms with Crippen molar-refractivity contribution in [2.24, 2.45) is 5.92 Å². The predicted molar refractivity (Wildman–Crippen MR) is 69.1 cm³/mol. The van der Waals surface area contributed by atoms with Crippen LogP contribution in [0.15, 0.2) is 6.07 Å². The van der Waals surface area contributed by atoms with Gasteiger partial charge in [-0.2, -0.15) is 13.2 Å². The monoisotopic (exact) mass is 326 g/mol. The lowest BCUT2D eigenvalue weighted by Gasteiger charge is -2.31. The largest absolute Gasteiger partial charge is 0.401 e. The van der Waals surface area contributed by atoms with Gasteiger partial charge in [0.2, 0.25) is 0 Å². The molecule has 1 aromatic rings. The zero-order valence-electron chi connectivity index (χ0n) is 11.0. The van der Waals surface area contributed by atoms with Crippen LogP contribution in [0.3, 0.4) is 0 Å². The number of rotatable bonds is 4. The third kappa shape index (κ3) is 4.57. The van der Waals surface area contributed by atoms with Gasteiger partial charge < -0.3 is 10.1 Å². The van der Waals surface area contributed by atoms with Crippen molar-refractivity contribution >= 4 is 17.4 Å². The number of halogens is 4. The summed E-state index contributed by atoms with van der Waals surface area (Å²) >= 11 is 5.65. The molecule has 1 aromatic heterocycles. The summed E-state index contributed by atoms with van der Waals surface area (Å²) in [4.78, 5) is 11.6. The second kappa shape index (κ2) is 6.18. The molecule has 0 amide bonds. The molecule has 0 atom stereocenters. The number of nitrogens with zero attached hydrogens (tertiary/aromatic N) is 4. The number of aromatic nitrogens is 2. The first-order valence-corrected chi connectivity index (χ1v) is 6.79. The number of hydrogen-bond donors (Lipinski definition) is 0. The Balaban J connectivity index is 1.91. The highest BCUT2D eigenvalue weighted by Crippen LogP contribution is 2.25. The molecule has 2 heterocycles. The standard InChI is InChI=1S/C11H14ClF3N4O2/c12-9-5-10(19(20)21)18(16-9)6-8-1-3-17(4-2-8)7-11(13,14)15/h5,8H,1-4,6-7H2. The zero-order chi connectivity index (χ0) is 15.6. The van der Waals surface area contributed by atoms with Crippen molar-refractivity contribution in [1.29, 1.82) is 0 Å². The first-order valence-electron chi connectivity index (χ1n) is 6.41. The highest BCUT2D eigenvalue weighted by molar-refractivity contribution is 6.29. The number of hydrogen-bond acceptors (Lipinski definition) is 4. The molecule has 0 spiro atoms. The van der Waals surface area contributed by atoms with E-state index in [-0.39, 0.29) is 16.9 Å². The minimum Gasteiger partial charge on any atom is -0.358 e. The average molecular weight is 327 g/mol. The molecule has 0 unspecified atom stereocenters. The lowest BCUT2D eigenvalue weighted by Crippen LogP contribution is -2.40. The Labute approximate surface area is 123 Å². The molecule has 6 nitrogen and oxygen atoms in total. The van der Waals surface area contributed by atoms with Gasteiger partial charge in [-0.1, -0.05) is 16.7 Å². The molecule has 0 radical (unpaired) electrons. The molecular weight excluding hydrogens is 313 g/mol. The second-order valence-electron chi connectivity index (χ2n) is 5.10. The highest BCUT2D eigenvalue weighted by atomic mass is 35.5. The van der Waals surface area contributed by atoms with E-state index in [1.54, 1.807) is 0 Å². The van der Waals surface area contributed by atoms with E-state index in [0.717, 1.165) is 0 Å². The Morgan fingerprint density at radius 2 is 2.05 bits per heavy atom. The van der Waals surface area contributed by atoms with Gasteiger partial charge in [-0.3, -0.25) is 4.90 Å². The van der Waals surface area contributed by atoms with Gasteiger partial charge in [0.1, 0.15) is 6.54 Å². The normalized spacial score (nSPS) is 18.1. The van der Waals surface area contributed by atoms with Crippen molar-refractivity contribution in [3.05, 3.63) is 21.3 Å². The molecule has 0 bridgehead atoms. The van der Waals surface area contributed by atoms with Crippen molar-refractivity contribution < 1.29 is 18.1 Å². The average Bonchev–Trinajstić information content (AvgIpc) is 2.71. The Hall–Kier alpha value is -1.35. The fourth-order valence-electron chi connectivity index (χ4n) is 2.48. The van der Waals surface area contributed by atoms with Crippen molar-refractivity contribution in [2.75, 3.05) is 19.6 Å². The third-order valence-corrected chi connectivity index (χ3v) is 3.64. The summed E-state index contributed by atoms with van der Waals surface area (Å²) in [7, 11) is 0. The van der Waals surface area contributed by atoms with Crippen LogP contribution in [0.1, 0.15) is 12.8 Å². The van der Waals surface area contributed by atoms with Crippen molar-refractivity contribution in [3.8, 4) is 0 Å². The molecule has 1 aliphatic heterocycles. The molecule has 2 rings (SSSR count). The van der Waals surface area contributed by atoms with Crippen LogP contribution in [0.5, 0.6) is 0 Å². The molecule has 0 aromatic carbocycles. The van der Waals surface area contributed by atoms with E-state index in [9.17, 15) is 23.3 Å². The van der Waals surface area contributed by atoms with Crippen molar-refractivity contribution in [1.82, 2.24) is 14.7 Å². The molecule has 10 heteroatoms. The van der Waals surface area contributed by atoms with Gasteiger partial charge in [-0.15, -0.1) is 4.68 Å². The predicted octanol–water partition coefficient (Wildman–Crippen LogP) is 2.72. The summed E-state index contributed by atoms with van der Waals surface area (Å²) in [6.07, 6.45) is -3.10. The van der Waals surface area contributed by atoms with Gasteiger partial charge in [0.15, 0.2) is 5.15 Å². The molecule has 118 valence electrons. The fourth-order valence-corrected chi connectivity index (χ4v) is 2.67. The SMILES string of the molecule is O=[N+]([O-])c1cc(Cl)nn1CC1CCN(CC(F)(F)F)CC1. The molecule has 0 aliphatic carbocycles. The second-order valence-corrected chi connectivity index (χ2v) is 5.49. The van der Waals surface area contributed by atoms with Crippen LogP contribution in [0, 0.1) is 16.0 Å². The van der Waals surface area contributed by atoms with Crippen molar-refractivity contribution in [2.45, 2.75) is 25.6 Å². The summed E-state index contributed by atoms with van der Waals surface area (Å²) in [6, 6.07) is 1.17. The Bertz CT molecular complexity index is 512. The van der Waals surface area contributed by atoms with Gasteiger partial charge in [0, 0.05) is 5.92 Å². The third-order valence-electron chi connectivity index (χ3n) is 3.46. The summed E-state index contributed by atoms with van der Waals surface area (Å²) in [5.74, 6) is -0.137. The molecule has 21 heavy (non-hydrogen) atoms. The minimum absolute atomic E-state index is 0.0382. The molecule has 0 saturated carbocycles. The van der Waals surface area contributed by atoms with E-state index in [1.807, 2.05) is 0 Å². The maximum absolute atomic E-state index is 12.3. The van der Waals surface area contributed by atoms with E-state index >= 15 is 0 Å².